The fraction of sp³-hybridized carbons (Fsp3) is 0.182. The van der Waals surface area contributed by atoms with Gasteiger partial charge in [-0.25, -0.2) is 0 Å². The molecule has 138 valence electrons. The molecule has 5 heteroatoms. The molecule has 1 atom stereocenters. The third kappa shape index (κ3) is 3.97. The smallest absolute Gasteiger partial charge is 0.121 e. The first kappa shape index (κ1) is 18.3. The summed E-state index contributed by atoms with van der Waals surface area (Å²) in [5.41, 5.74) is 3.36. The Balaban J connectivity index is 1.57. The van der Waals surface area contributed by atoms with Crippen LogP contribution in [0.25, 0.3) is 21.8 Å². The van der Waals surface area contributed by atoms with Crippen LogP contribution >= 0.6 is 23.2 Å². The van der Waals surface area contributed by atoms with Crippen molar-refractivity contribution in [3.05, 3.63) is 82.3 Å². The number of nitrogens with two attached hydrogens (primary N) is 1. The van der Waals surface area contributed by atoms with Crippen LogP contribution in [0.5, 0.6) is 0 Å². The van der Waals surface area contributed by atoms with Crippen LogP contribution in [0.2, 0.25) is 10.0 Å². The van der Waals surface area contributed by atoms with E-state index in [1.165, 1.54) is 5.56 Å². The van der Waals surface area contributed by atoms with E-state index in [0.717, 1.165) is 28.4 Å². The summed E-state index contributed by atoms with van der Waals surface area (Å²) < 4.78 is 2.15. The molecule has 0 fully saturated rings. The molecule has 0 aliphatic carbocycles. The van der Waals surface area contributed by atoms with Gasteiger partial charge in [-0.05, 0) is 36.4 Å². The van der Waals surface area contributed by atoms with Gasteiger partial charge in [-0.15, -0.1) is 0 Å². The van der Waals surface area contributed by atoms with Crippen LogP contribution in [0.4, 0.5) is 0 Å². The molecule has 27 heavy (non-hydrogen) atoms. The molecule has 1 heterocycles. The first-order valence-electron chi connectivity index (χ1n) is 9.02. The highest BCUT2D eigenvalue weighted by Crippen LogP contribution is 2.32. The molecular formula is C22H21Cl2N2O+. The van der Waals surface area contributed by atoms with Gasteiger partial charge in [0, 0.05) is 37.4 Å². The molecule has 4 rings (SSSR count). The Morgan fingerprint density at radius 1 is 0.852 bits per heavy atom. The Bertz CT molecular complexity index is 1020. The number of aromatic nitrogens is 1. The third-order valence-corrected chi connectivity index (χ3v) is 5.31. The third-order valence-electron chi connectivity index (χ3n) is 4.84. The van der Waals surface area contributed by atoms with Gasteiger partial charge in [-0.1, -0.05) is 53.5 Å². The summed E-state index contributed by atoms with van der Waals surface area (Å²) >= 11 is 12.4. The lowest BCUT2D eigenvalue weighted by Gasteiger charge is -2.13. The summed E-state index contributed by atoms with van der Waals surface area (Å²) in [5, 5.41) is 16.3. The molecule has 0 saturated carbocycles. The van der Waals surface area contributed by atoms with Gasteiger partial charge in [0.1, 0.15) is 19.2 Å². The first-order chi connectivity index (χ1) is 13.1. The van der Waals surface area contributed by atoms with Crippen LogP contribution in [0.1, 0.15) is 5.56 Å². The van der Waals surface area contributed by atoms with Crippen LogP contribution in [0.15, 0.2) is 66.7 Å². The normalized spacial score (nSPS) is 12.7. The number of fused-ring (bicyclic) bond motifs is 3. The molecule has 3 nitrogen and oxygen atoms in total. The lowest BCUT2D eigenvalue weighted by molar-refractivity contribution is -0.676. The van der Waals surface area contributed by atoms with E-state index in [0.29, 0.717) is 23.1 Å². The highest BCUT2D eigenvalue weighted by atomic mass is 35.5. The van der Waals surface area contributed by atoms with E-state index in [2.05, 4.69) is 22.0 Å². The van der Waals surface area contributed by atoms with Gasteiger partial charge >= 0.3 is 0 Å². The number of nitrogens with zero attached hydrogens (tertiary/aromatic N) is 1. The largest absolute Gasteiger partial charge is 0.385 e. The molecule has 0 aliphatic rings. The van der Waals surface area contributed by atoms with Gasteiger partial charge in [-0.3, -0.25) is 0 Å². The van der Waals surface area contributed by atoms with Crippen molar-refractivity contribution in [1.29, 1.82) is 0 Å². The van der Waals surface area contributed by atoms with Crippen LogP contribution in [0, 0.1) is 0 Å². The maximum atomic E-state index is 10.6. The lowest BCUT2D eigenvalue weighted by Crippen LogP contribution is -2.85. The fourth-order valence-electron chi connectivity index (χ4n) is 3.59. The molecule has 3 aromatic carbocycles. The number of hydrogen-bond donors (Lipinski definition) is 2. The standard InChI is InChI=1S/C22H20Cl2N2O/c23-16-6-8-21-19(10-16)20-11-17(24)7-9-22(20)26(21)14-18(27)13-25-12-15-4-2-1-3-5-15/h1-11,18,25,27H,12-14H2/p+1/t18-/m0/s1. The van der Waals surface area contributed by atoms with Crippen LogP contribution in [-0.4, -0.2) is 22.3 Å². The molecule has 0 spiro atoms. The Kier molecular flexibility index (Phi) is 5.37. The van der Waals surface area contributed by atoms with Gasteiger partial charge in [0.25, 0.3) is 0 Å². The summed E-state index contributed by atoms with van der Waals surface area (Å²) in [4.78, 5) is 0. The highest BCUT2D eigenvalue weighted by molar-refractivity contribution is 6.33. The van der Waals surface area contributed by atoms with Crippen molar-refractivity contribution < 1.29 is 10.4 Å². The van der Waals surface area contributed by atoms with Crippen LogP contribution in [0.3, 0.4) is 0 Å². The number of halogens is 2. The molecule has 1 aromatic heterocycles. The average Bonchev–Trinajstić information content (AvgIpc) is 2.95. The minimum Gasteiger partial charge on any atom is -0.385 e. The van der Waals surface area contributed by atoms with Crippen molar-refractivity contribution in [3.63, 3.8) is 0 Å². The number of hydrogen-bond acceptors (Lipinski definition) is 1. The van der Waals surface area contributed by atoms with Crippen LogP contribution < -0.4 is 5.32 Å². The van der Waals surface area contributed by atoms with Crippen molar-refractivity contribution >= 4 is 45.0 Å². The number of quaternary nitrogens is 1. The van der Waals surface area contributed by atoms with E-state index >= 15 is 0 Å². The Morgan fingerprint density at radius 3 is 2.04 bits per heavy atom. The first-order valence-corrected chi connectivity index (χ1v) is 9.78. The zero-order chi connectivity index (χ0) is 18.8. The lowest BCUT2D eigenvalue weighted by atomic mass is 10.1. The number of benzene rings is 3. The summed E-state index contributed by atoms with van der Waals surface area (Å²) in [6.45, 7) is 2.02. The van der Waals surface area contributed by atoms with Crippen molar-refractivity contribution in [1.82, 2.24) is 4.57 Å². The Labute approximate surface area is 168 Å². The fourth-order valence-corrected chi connectivity index (χ4v) is 3.93. The van der Waals surface area contributed by atoms with Gasteiger partial charge in [0.15, 0.2) is 0 Å². The maximum absolute atomic E-state index is 10.6. The van der Waals surface area contributed by atoms with E-state index < -0.39 is 6.10 Å². The second-order valence-electron chi connectivity index (χ2n) is 6.80. The quantitative estimate of drug-likeness (QED) is 0.500. The SMILES string of the molecule is O[C@@H](C[NH2+]Cc1ccccc1)Cn1c2ccc(Cl)cc2c2cc(Cl)ccc21. The van der Waals surface area contributed by atoms with Crippen molar-refractivity contribution in [2.24, 2.45) is 0 Å². The molecule has 0 bridgehead atoms. The Hall–Kier alpha value is -2.04. The van der Waals surface area contributed by atoms with E-state index in [4.69, 9.17) is 23.2 Å². The van der Waals surface area contributed by atoms with E-state index in [1.54, 1.807) is 0 Å². The molecule has 0 amide bonds. The highest BCUT2D eigenvalue weighted by Gasteiger charge is 2.15. The molecular weight excluding hydrogens is 379 g/mol. The average molecular weight is 400 g/mol. The summed E-state index contributed by atoms with van der Waals surface area (Å²) in [6.07, 6.45) is -0.459. The van der Waals surface area contributed by atoms with Crippen molar-refractivity contribution in [2.75, 3.05) is 6.54 Å². The van der Waals surface area contributed by atoms with Crippen molar-refractivity contribution in [3.8, 4) is 0 Å². The molecule has 0 aliphatic heterocycles. The van der Waals surface area contributed by atoms with E-state index in [-0.39, 0.29) is 0 Å². The minimum atomic E-state index is -0.459. The molecule has 3 N–H and O–H groups in total. The van der Waals surface area contributed by atoms with Crippen LogP contribution in [-0.2, 0) is 13.1 Å². The number of aliphatic hydroxyl groups is 1. The Morgan fingerprint density at radius 2 is 1.44 bits per heavy atom. The molecule has 0 radical (unpaired) electrons. The second kappa shape index (κ2) is 7.91. The minimum absolute atomic E-state index is 0.459. The molecule has 0 unspecified atom stereocenters. The van der Waals surface area contributed by atoms with Crippen molar-refractivity contribution in [2.45, 2.75) is 19.2 Å². The summed E-state index contributed by atoms with van der Waals surface area (Å²) in [5.74, 6) is 0. The van der Waals surface area contributed by atoms with Gasteiger partial charge in [-0.2, -0.15) is 0 Å². The zero-order valence-corrected chi connectivity index (χ0v) is 16.3. The second-order valence-corrected chi connectivity index (χ2v) is 7.67. The van der Waals surface area contributed by atoms with Gasteiger partial charge in [0.2, 0.25) is 0 Å². The van der Waals surface area contributed by atoms with E-state index in [9.17, 15) is 5.11 Å². The molecule has 4 aromatic rings. The topological polar surface area (TPSA) is 41.8 Å². The summed E-state index contributed by atoms with van der Waals surface area (Å²) in [7, 11) is 0. The predicted octanol–water partition coefficient (Wildman–Crippen LogP) is 4.23. The van der Waals surface area contributed by atoms with Gasteiger partial charge < -0.3 is 15.0 Å². The van der Waals surface area contributed by atoms with E-state index in [1.807, 2.05) is 54.6 Å². The van der Waals surface area contributed by atoms with Gasteiger partial charge in [0.05, 0.1) is 6.54 Å². The molecule has 0 saturated heterocycles. The number of rotatable bonds is 6. The monoisotopic (exact) mass is 399 g/mol. The predicted molar refractivity (Wildman–Crippen MR) is 112 cm³/mol. The number of aliphatic hydroxyl groups excluding tert-OH is 1. The zero-order valence-electron chi connectivity index (χ0n) is 14.8. The maximum Gasteiger partial charge on any atom is 0.121 e. The summed E-state index contributed by atoms with van der Waals surface area (Å²) in [6, 6.07) is 22.0.